The molecule has 0 radical (unpaired) electrons. The highest BCUT2D eigenvalue weighted by atomic mass is 16.5. The monoisotopic (exact) mass is 407 g/mol. The molecule has 0 spiro atoms. The maximum Gasteiger partial charge on any atom is 0.255 e. The topological polar surface area (TPSA) is 63.5 Å². The molecule has 0 saturated carbocycles. The molecule has 1 fully saturated rings. The van der Waals surface area contributed by atoms with Gasteiger partial charge >= 0.3 is 0 Å². The number of anilines is 1. The van der Waals surface area contributed by atoms with Gasteiger partial charge in [-0.05, 0) is 44.5 Å². The zero-order valence-electron chi connectivity index (χ0n) is 18.1. The molecule has 1 amide bonds. The smallest absolute Gasteiger partial charge is 0.255 e. The predicted octanol–water partition coefficient (Wildman–Crippen LogP) is 3.43. The first-order valence-electron chi connectivity index (χ1n) is 10.5. The molecule has 30 heavy (non-hydrogen) atoms. The van der Waals surface area contributed by atoms with Crippen LogP contribution in [0.3, 0.4) is 0 Å². The lowest BCUT2D eigenvalue weighted by Crippen LogP contribution is -2.36. The van der Waals surface area contributed by atoms with Gasteiger partial charge in [-0.15, -0.1) is 0 Å². The summed E-state index contributed by atoms with van der Waals surface area (Å²) in [5, 5.41) is 5.30. The van der Waals surface area contributed by atoms with Crippen molar-refractivity contribution in [3.63, 3.8) is 0 Å². The Morgan fingerprint density at radius 3 is 2.57 bits per heavy atom. The number of benzene rings is 1. The minimum atomic E-state index is -0.0311. The lowest BCUT2D eigenvalue weighted by atomic mass is 10.1. The first-order chi connectivity index (χ1) is 14.4. The highest BCUT2D eigenvalue weighted by molar-refractivity contribution is 5.98. The fourth-order valence-electron chi connectivity index (χ4n) is 3.85. The first-order valence-corrected chi connectivity index (χ1v) is 10.5. The van der Waals surface area contributed by atoms with Crippen molar-refractivity contribution in [1.29, 1.82) is 0 Å². The average molecular weight is 408 g/mol. The SMILES string of the molecule is Cc1nc2c(cnn2C(C)C)cc1C(=O)N(C)Cc1ccc(N2CCOCC2)cc1. The third kappa shape index (κ3) is 4.03. The third-order valence-corrected chi connectivity index (χ3v) is 5.56. The summed E-state index contributed by atoms with van der Waals surface area (Å²) >= 11 is 0. The molecule has 1 saturated heterocycles. The van der Waals surface area contributed by atoms with E-state index in [9.17, 15) is 4.79 Å². The molecule has 3 heterocycles. The van der Waals surface area contributed by atoms with Gasteiger partial charge in [0.05, 0.1) is 30.7 Å². The van der Waals surface area contributed by atoms with Gasteiger partial charge in [-0.1, -0.05) is 12.1 Å². The lowest BCUT2D eigenvalue weighted by Gasteiger charge is -2.29. The predicted molar refractivity (Wildman–Crippen MR) is 118 cm³/mol. The van der Waals surface area contributed by atoms with Crippen LogP contribution in [-0.4, -0.2) is 58.9 Å². The molecule has 1 aromatic carbocycles. The number of aryl methyl sites for hydroxylation is 1. The number of amides is 1. The summed E-state index contributed by atoms with van der Waals surface area (Å²) in [6.07, 6.45) is 1.78. The standard InChI is InChI=1S/C23H29N5O2/c1-16(2)28-22-19(14-24-28)13-21(17(3)25-22)23(29)26(4)15-18-5-7-20(8-6-18)27-9-11-30-12-10-27/h5-8,13-14,16H,9-12,15H2,1-4H3. The van der Waals surface area contributed by atoms with E-state index in [1.165, 1.54) is 5.69 Å². The molecule has 4 rings (SSSR count). The Labute approximate surface area is 177 Å². The van der Waals surface area contributed by atoms with E-state index in [0.29, 0.717) is 12.1 Å². The molecular weight excluding hydrogens is 378 g/mol. The number of fused-ring (bicyclic) bond motifs is 1. The van der Waals surface area contributed by atoms with Crippen LogP contribution in [0.2, 0.25) is 0 Å². The molecule has 1 aliphatic heterocycles. The fourth-order valence-corrected chi connectivity index (χ4v) is 3.85. The van der Waals surface area contributed by atoms with E-state index >= 15 is 0 Å². The average Bonchev–Trinajstić information content (AvgIpc) is 3.16. The molecule has 0 N–H and O–H groups in total. The van der Waals surface area contributed by atoms with Crippen LogP contribution >= 0.6 is 0 Å². The molecule has 0 bridgehead atoms. The highest BCUT2D eigenvalue weighted by Gasteiger charge is 2.19. The molecule has 0 aliphatic carbocycles. The fraction of sp³-hybridized carbons (Fsp3) is 0.435. The summed E-state index contributed by atoms with van der Waals surface area (Å²) in [6.45, 7) is 9.95. The van der Waals surface area contributed by atoms with Crippen molar-refractivity contribution in [1.82, 2.24) is 19.7 Å². The number of nitrogens with zero attached hydrogens (tertiary/aromatic N) is 5. The van der Waals surface area contributed by atoms with Crippen LogP contribution in [0.5, 0.6) is 0 Å². The molecule has 2 aromatic heterocycles. The van der Waals surface area contributed by atoms with E-state index in [4.69, 9.17) is 4.74 Å². The van der Waals surface area contributed by atoms with Crippen molar-refractivity contribution in [3.05, 3.63) is 53.3 Å². The molecule has 158 valence electrons. The van der Waals surface area contributed by atoms with Crippen LogP contribution in [-0.2, 0) is 11.3 Å². The van der Waals surface area contributed by atoms with Gasteiger partial charge in [0.15, 0.2) is 5.65 Å². The number of rotatable bonds is 5. The number of aromatic nitrogens is 3. The molecule has 7 nitrogen and oxygen atoms in total. The Morgan fingerprint density at radius 2 is 1.90 bits per heavy atom. The van der Waals surface area contributed by atoms with Crippen LogP contribution < -0.4 is 4.90 Å². The Morgan fingerprint density at radius 1 is 1.20 bits per heavy atom. The summed E-state index contributed by atoms with van der Waals surface area (Å²) in [4.78, 5) is 21.8. The number of pyridine rings is 1. The van der Waals surface area contributed by atoms with Crippen LogP contribution in [0.4, 0.5) is 5.69 Å². The summed E-state index contributed by atoms with van der Waals surface area (Å²) in [5.41, 5.74) is 4.47. The van der Waals surface area contributed by atoms with Crippen LogP contribution in [0.1, 0.15) is 41.5 Å². The zero-order valence-corrected chi connectivity index (χ0v) is 18.1. The Balaban J connectivity index is 1.49. The second-order valence-electron chi connectivity index (χ2n) is 8.14. The molecule has 0 atom stereocenters. The van der Waals surface area contributed by atoms with Crippen molar-refractivity contribution in [2.24, 2.45) is 0 Å². The normalized spacial score (nSPS) is 14.5. The number of carbonyl (C=O) groups is 1. The summed E-state index contributed by atoms with van der Waals surface area (Å²) in [5.74, 6) is -0.0311. The Hall–Kier alpha value is -2.93. The van der Waals surface area contributed by atoms with E-state index in [2.05, 4.69) is 53.1 Å². The van der Waals surface area contributed by atoms with Gasteiger partial charge in [-0.2, -0.15) is 5.10 Å². The number of hydrogen-bond donors (Lipinski definition) is 0. The number of hydrogen-bond acceptors (Lipinski definition) is 5. The molecule has 1 aliphatic rings. The van der Waals surface area contributed by atoms with Crippen LogP contribution in [0, 0.1) is 6.92 Å². The van der Waals surface area contributed by atoms with E-state index in [1.807, 2.05) is 24.7 Å². The van der Waals surface area contributed by atoms with E-state index in [-0.39, 0.29) is 11.9 Å². The molecule has 7 heteroatoms. The van der Waals surface area contributed by atoms with Crippen LogP contribution in [0.25, 0.3) is 11.0 Å². The van der Waals surface area contributed by atoms with Crippen LogP contribution in [0.15, 0.2) is 36.5 Å². The maximum atomic E-state index is 13.1. The van der Waals surface area contributed by atoms with Gasteiger partial charge < -0.3 is 14.5 Å². The van der Waals surface area contributed by atoms with E-state index < -0.39 is 0 Å². The number of morpholine rings is 1. The highest BCUT2D eigenvalue weighted by Crippen LogP contribution is 2.21. The molecule has 0 unspecified atom stereocenters. The van der Waals surface area contributed by atoms with Gasteiger partial charge in [0.25, 0.3) is 5.91 Å². The quantitative estimate of drug-likeness (QED) is 0.648. The lowest BCUT2D eigenvalue weighted by molar-refractivity contribution is 0.0784. The zero-order chi connectivity index (χ0) is 21.3. The van der Waals surface area contributed by atoms with Crippen molar-refractivity contribution >= 4 is 22.6 Å². The second kappa shape index (κ2) is 8.44. The Bertz CT molecular complexity index is 1040. The minimum Gasteiger partial charge on any atom is -0.378 e. The maximum absolute atomic E-state index is 13.1. The molecular formula is C23H29N5O2. The van der Waals surface area contributed by atoms with Crippen molar-refractivity contribution in [2.75, 3.05) is 38.3 Å². The van der Waals surface area contributed by atoms with Gasteiger partial charge in [-0.3, -0.25) is 4.79 Å². The molecule has 3 aromatic rings. The van der Waals surface area contributed by atoms with Gasteiger partial charge in [0.1, 0.15) is 0 Å². The summed E-state index contributed by atoms with van der Waals surface area (Å²) in [6, 6.07) is 10.6. The first kappa shape index (κ1) is 20.3. The van der Waals surface area contributed by atoms with E-state index in [0.717, 1.165) is 48.6 Å². The van der Waals surface area contributed by atoms with Crippen molar-refractivity contribution < 1.29 is 9.53 Å². The second-order valence-corrected chi connectivity index (χ2v) is 8.14. The summed E-state index contributed by atoms with van der Waals surface area (Å²) in [7, 11) is 1.83. The van der Waals surface area contributed by atoms with Gasteiger partial charge in [0.2, 0.25) is 0 Å². The summed E-state index contributed by atoms with van der Waals surface area (Å²) < 4.78 is 7.30. The minimum absolute atomic E-state index is 0.0311. The number of ether oxygens (including phenoxy) is 1. The van der Waals surface area contributed by atoms with Crippen molar-refractivity contribution in [2.45, 2.75) is 33.4 Å². The van der Waals surface area contributed by atoms with Gasteiger partial charge in [0, 0.05) is 43.8 Å². The third-order valence-electron chi connectivity index (χ3n) is 5.56. The Kier molecular flexibility index (Phi) is 5.72. The van der Waals surface area contributed by atoms with Gasteiger partial charge in [-0.25, -0.2) is 9.67 Å². The van der Waals surface area contributed by atoms with Crippen molar-refractivity contribution in [3.8, 4) is 0 Å². The number of carbonyl (C=O) groups excluding carboxylic acids is 1. The largest absolute Gasteiger partial charge is 0.378 e. The van der Waals surface area contributed by atoms with E-state index in [1.54, 1.807) is 11.1 Å².